The summed E-state index contributed by atoms with van der Waals surface area (Å²) in [7, 11) is 0. The van der Waals surface area contributed by atoms with Gasteiger partial charge < -0.3 is 5.11 Å². The summed E-state index contributed by atoms with van der Waals surface area (Å²) < 4.78 is 14.1. The molecule has 20 heavy (non-hydrogen) atoms. The topological polar surface area (TPSA) is 50.2 Å². The van der Waals surface area contributed by atoms with E-state index in [9.17, 15) is 14.3 Å². The van der Waals surface area contributed by atoms with Gasteiger partial charge in [0.25, 0.3) is 0 Å². The largest absolute Gasteiger partial charge is 0.476 e. The third kappa shape index (κ3) is 2.91. The molecule has 0 spiro atoms. The molecule has 0 atom stereocenters. The molecule has 0 bridgehead atoms. The van der Waals surface area contributed by atoms with Gasteiger partial charge in [0.05, 0.1) is 9.88 Å². The Bertz CT molecular complexity index is 676. The first-order valence-corrected chi connectivity index (χ1v) is 7.51. The molecule has 1 heterocycles. The van der Waals surface area contributed by atoms with E-state index in [4.69, 9.17) is 0 Å². The van der Waals surface area contributed by atoms with Crippen molar-refractivity contribution in [3.8, 4) is 10.4 Å². The van der Waals surface area contributed by atoms with E-state index in [0.29, 0.717) is 19.9 Å². The van der Waals surface area contributed by atoms with Crippen molar-refractivity contribution in [2.45, 2.75) is 26.2 Å². The monoisotopic (exact) mass is 357 g/mol. The van der Waals surface area contributed by atoms with E-state index in [1.807, 2.05) is 20.8 Å². The Hall–Kier alpha value is -1.27. The average molecular weight is 358 g/mol. The molecule has 0 aliphatic rings. The highest BCUT2D eigenvalue weighted by Gasteiger charge is 2.26. The van der Waals surface area contributed by atoms with Crippen LogP contribution in [0, 0.1) is 5.82 Å². The Balaban J connectivity index is 2.69. The van der Waals surface area contributed by atoms with E-state index in [0.717, 1.165) is 0 Å². The average Bonchev–Trinajstić information content (AvgIpc) is 2.77. The number of carboxylic acid groups (broad SMARTS) is 1. The predicted octanol–water partition coefficient (Wildman–Crippen LogP) is 4.71. The molecule has 0 amide bonds. The van der Waals surface area contributed by atoms with Gasteiger partial charge in [-0.2, -0.15) is 0 Å². The number of thiazole rings is 1. The lowest BCUT2D eigenvalue weighted by molar-refractivity contribution is 0.0692. The first-order valence-electron chi connectivity index (χ1n) is 5.90. The Morgan fingerprint density at radius 1 is 1.40 bits per heavy atom. The zero-order valence-corrected chi connectivity index (χ0v) is 13.6. The van der Waals surface area contributed by atoms with Crippen LogP contribution >= 0.6 is 27.3 Å². The number of halogens is 2. The molecule has 0 aliphatic heterocycles. The molecule has 1 aromatic carbocycles. The summed E-state index contributed by atoms with van der Waals surface area (Å²) >= 11 is 4.61. The molecular formula is C14H13BrFNO2S. The molecule has 0 saturated heterocycles. The summed E-state index contributed by atoms with van der Waals surface area (Å²) in [6.45, 7) is 5.88. The van der Waals surface area contributed by atoms with E-state index in [2.05, 4.69) is 20.9 Å². The summed E-state index contributed by atoms with van der Waals surface area (Å²) in [6, 6.07) is 4.20. The smallest absolute Gasteiger partial charge is 0.356 e. The first-order chi connectivity index (χ1) is 9.20. The molecule has 3 nitrogen and oxygen atoms in total. The highest BCUT2D eigenvalue weighted by atomic mass is 79.9. The minimum Gasteiger partial charge on any atom is -0.476 e. The number of nitrogens with zero attached hydrogens (tertiary/aromatic N) is 1. The van der Waals surface area contributed by atoms with Crippen molar-refractivity contribution in [1.82, 2.24) is 4.98 Å². The fraction of sp³-hybridized carbons (Fsp3) is 0.286. The van der Waals surface area contributed by atoms with E-state index >= 15 is 0 Å². The molecule has 6 heteroatoms. The molecule has 0 radical (unpaired) electrons. The van der Waals surface area contributed by atoms with E-state index in [-0.39, 0.29) is 11.1 Å². The second-order valence-corrected chi connectivity index (χ2v) is 7.23. The number of carboxylic acids is 1. The maximum absolute atomic E-state index is 13.4. The lowest BCUT2D eigenvalue weighted by Crippen LogP contribution is -2.11. The Morgan fingerprint density at radius 2 is 2.05 bits per heavy atom. The zero-order valence-electron chi connectivity index (χ0n) is 11.2. The summed E-state index contributed by atoms with van der Waals surface area (Å²) in [5.41, 5.74) is 0.217. The van der Waals surface area contributed by atoms with E-state index in [1.165, 1.54) is 23.5 Å². The maximum Gasteiger partial charge on any atom is 0.356 e. The second kappa shape index (κ2) is 5.26. The molecule has 106 valence electrons. The molecule has 1 aromatic heterocycles. The van der Waals surface area contributed by atoms with Crippen LogP contribution in [0.3, 0.4) is 0 Å². The minimum atomic E-state index is -1.11. The third-order valence-electron chi connectivity index (χ3n) is 2.64. The Morgan fingerprint density at radius 3 is 2.60 bits per heavy atom. The normalized spacial score (nSPS) is 11.7. The quantitative estimate of drug-likeness (QED) is 0.846. The fourth-order valence-electron chi connectivity index (χ4n) is 1.64. The maximum atomic E-state index is 13.4. The molecule has 1 N–H and O–H groups in total. The highest BCUT2D eigenvalue weighted by Crippen LogP contribution is 2.39. The standard InChI is InChI=1S/C14H13BrFNO2S/c1-14(2,3)13-17-10(12(18)19)11(20-13)8-6-7(16)4-5-9(8)15/h4-6H,1-3H3,(H,18,19). The van der Waals surface area contributed by atoms with Gasteiger partial charge in [0.1, 0.15) is 5.82 Å². The Kier molecular flexibility index (Phi) is 3.97. The Labute approximate surface area is 128 Å². The number of hydrogen-bond donors (Lipinski definition) is 1. The third-order valence-corrected chi connectivity index (χ3v) is 4.85. The van der Waals surface area contributed by atoms with Crippen molar-refractivity contribution in [1.29, 1.82) is 0 Å². The van der Waals surface area contributed by atoms with Crippen LogP contribution in [0.1, 0.15) is 36.3 Å². The van der Waals surface area contributed by atoms with Crippen LogP contribution in [0.5, 0.6) is 0 Å². The molecule has 2 aromatic rings. The van der Waals surface area contributed by atoms with Gasteiger partial charge in [0.2, 0.25) is 0 Å². The molecule has 0 unspecified atom stereocenters. The lowest BCUT2D eigenvalue weighted by atomic mass is 9.98. The van der Waals surface area contributed by atoms with Gasteiger partial charge in [-0.3, -0.25) is 0 Å². The number of rotatable bonds is 2. The van der Waals surface area contributed by atoms with E-state index < -0.39 is 11.8 Å². The number of carbonyl (C=O) groups is 1. The van der Waals surface area contributed by atoms with E-state index in [1.54, 1.807) is 6.07 Å². The number of aromatic carboxylic acids is 1. The number of benzene rings is 1. The predicted molar refractivity (Wildman–Crippen MR) is 80.9 cm³/mol. The van der Waals surface area contributed by atoms with Crippen LogP contribution in [-0.4, -0.2) is 16.1 Å². The van der Waals surface area contributed by atoms with Crippen LogP contribution < -0.4 is 0 Å². The van der Waals surface area contributed by atoms with Crippen molar-refractivity contribution >= 4 is 33.2 Å². The minimum absolute atomic E-state index is 0.0359. The summed E-state index contributed by atoms with van der Waals surface area (Å²) in [5.74, 6) is -1.52. The van der Waals surface area contributed by atoms with Crippen LogP contribution in [0.25, 0.3) is 10.4 Å². The number of aromatic nitrogens is 1. The molecule has 2 rings (SSSR count). The SMILES string of the molecule is CC(C)(C)c1nc(C(=O)O)c(-c2cc(F)ccc2Br)s1. The van der Waals surface area contributed by atoms with Gasteiger partial charge in [0.15, 0.2) is 5.69 Å². The van der Waals surface area contributed by atoms with Gasteiger partial charge in [-0.05, 0) is 18.2 Å². The second-order valence-electron chi connectivity index (χ2n) is 5.38. The van der Waals surface area contributed by atoms with Crippen LogP contribution in [0.15, 0.2) is 22.7 Å². The summed E-state index contributed by atoms with van der Waals surface area (Å²) in [6.07, 6.45) is 0. The van der Waals surface area contributed by atoms with Crippen molar-refractivity contribution in [2.75, 3.05) is 0 Å². The number of hydrogen-bond acceptors (Lipinski definition) is 3. The highest BCUT2D eigenvalue weighted by molar-refractivity contribution is 9.10. The van der Waals surface area contributed by atoms with Crippen LogP contribution in [-0.2, 0) is 5.41 Å². The fourth-order valence-corrected chi connectivity index (χ4v) is 3.36. The van der Waals surface area contributed by atoms with Crippen molar-refractivity contribution in [2.24, 2.45) is 0 Å². The van der Waals surface area contributed by atoms with Gasteiger partial charge in [-0.1, -0.05) is 36.7 Å². The molecule has 0 fully saturated rings. The lowest BCUT2D eigenvalue weighted by Gasteiger charge is -2.13. The summed E-state index contributed by atoms with van der Waals surface area (Å²) in [4.78, 5) is 16.0. The van der Waals surface area contributed by atoms with Gasteiger partial charge in [-0.25, -0.2) is 14.2 Å². The van der Waals surface area contributed by atoms with Gasteiger partial charge in [-0.15, -0.1) is 11.3 Å². The van der Waals surface area contributed by atoms with Gasteiger partial charge in [0, 0.05) is 15.5 Å². The van der Waals surface area contributed by atoms with Crippen LogP contribution in [0.4, 0.5) is 4.39 Å². The molecule has 0 aliphatic carbocycles. The van der Waals surface area contributed by atoms with Crippen molar-refractivity contribution in [3.05, 3.63) is 39.2 Å². The van der Waals surface area contributed by atoms with Crippen molar-refractivity contribution in [3.63, 3.8) is 0 Å². The first kappa shape index (κ1) is 15.1. The van der Waals surface area contributed by atoms with Crippen molar-refractivity contribution < 1.29 is 14.3 Å². The molecular weight excluding hydrogens is 345 g/mol. The molecule has 0 saturated carbocycles. The van der Waals surface area contributed by atoms with Gasteiger partial charge >= 0.3 is 5.97 Å². The summed E-state index contributed by atoms with van der Waals surface area (Å²) in [5, 5.41) is 10.0. The van der Waals surface area contributed by atoms with Crippen LogP contribution in [0.2, 0.25) is 0 Å². The zero-order chi connectivity index (χ0) is 15.1.